The predicted molar refractivity (Wildman–Crippen MR) is 219 cm³/mol. The van der Waals surface area contributed by atoms with Crippen molar-refractivity contribution in [3.8, 4) is 0 Å². The largest absolute Gasteiger partial charge is 0.462 e. The van der Waals surface area contributed by atoms with E-state index in [4.69, 9.17) is 14.2 Å². The highest BCUT2D eigenvalue weighted by molar-refractivity contribution is 5.71. The van der Waals surface area contributed by atoms with Crippen molar-refractivity contribution in [3.05, 3.63) is 97.2 Å². The summed E-state index contributed by atoms with van der Waals surface area (Å²) in [4.78, 5) is 37.4. The van der Waals surface area contributed by atoms with E-state index in [0.717, 1.165) is 70.6 Å². The molecular weight excluding hydrogens is 648 g/mol. The van der Waals surface area contributed by atoms with E-state index in [1.807, 2.05) is 24.3 Å². The zero-order chi connectivity index (χ0) is 38.0. The van der Waals surface area contributed by atoms with Crippen LogP contribution < -0.4 is 0 Å². The van der Waals surface area contributed by atoms with Crippen LogP contribution in [-0.2, 0) is 28.6 Å². The summed E-state index contributed by atoms with van der Waals surface area (Å²) in [5.74, 6) is -1.12. The van der Waals surface area contributed by atoms with Gasteiger partial charge in [0.05, 0.1) is 0 Å². The number of carbonyl (C=O) groups is 3. The summed E-state index contributed by atoms with van der Waals surface area (Å²) in [6.45, 7) is 6.20. The summed E-state index contributed by atoms with van der Waals surface area (Å²) in [5, 5.41) is 0. The maximum Gasteiger partial charge on any atom is 0.306 e. The molecule has 1 atom stereocenters. The Labute approximate surface area is 317 Å². The molecule has 0 saturated heterocycles. The van der Waals surface area contributed by atoms with E-state index in [-0.39, 0.29) is 38.0 Å². The fraction of sp³-hybridized carbons (Fsp3) is 0.587. The van der Waals surface area contributed by atoms with Crippen LogP contribution in [0.25, 0.3) is 0 Å². The molecule has 0 aromatic rings. The van der Waals surface area contributed by atoms with Crippen molar-refractivity contribution >= 4 is 17.9 Å². The van der Waals surface area contributed by atoms with Gasteiger partial charge in [0.1, 0.15) is 13.2 Å². The van der Waals surface area contributed by atoms with Gasteiger partial charge >= 0.3 is 17.9 Å². The number of unbranched alkanes of at least 4 members (excludes halogenated alkanes) is 7. The Morgan fingerprint density at radius 1 is 0.404 bits per heavy atom. The molecule has 52 heavy (non-hydrogen) atoms. The first-order valence-corrected chi connectivity index (χ1v) is 20.2. The standard InChI is InChI=1S/C46H72O6/c1-4-7-10-13-16-19-21-23-25-27-30-33-36-39-45(48)51-42-43(41-50-44(47)38-35-32-29-18-15-12-9-6-3)52-46(49)40-37-34-31-28-26-24-22-20-17-14-11-8-5-2/h7-8,10-11,16-17,19-20,23-26,30-31,33-34,43H,4-6,9,12-15,18,21-22,27-29,32,35-42H2,1-3H3/b10-7-,11-8-,19-16-,20-17-,25-23-,26-24-,33-30-,34-31-. The summed E-state index contributed by atoms with van der Waals surface area (Å²) in [6, 6.07) is 0. The number of esters is 3. The molecule has 0 amide bonds. The Morgan fingerprint density at radius 2 is 0.750 bits per heavy atom. The van der Waals surface area contributed by atoms with Gasteiger partial charge in [-0.15, -0.1) is 0 Å². The summed E-state index contributed by atoms with van der Waals surface area (Å²) in [5.41, 5.74) is 0. The molecule has 6 heteroatoms. The van der Waals surface area contributed by atoms with Crippen LogP contribution >= 0.6 is 0 Å². The Bertz CT molecular complexity index is 1100. The minimum atomic E-state index is -0.839. The molecule has 0 aliphatic carbocycles. The zero-order valence-corrected chi connectivity index (χ0v) is 33.0. The number of rotatable bonds is 34. The van der Waals surface area contributed by atoms with Crippen molar-refractivity contribution in [1.82, 2.24) is 0 Å². The average Bonchev–Trinajstić information content (AvgIpc) is 3.14. The van der Waals surface area contributed by atoms with E-state index in [0.29, 0.717) is 19.3 Å². The normalized spacial score (nSPS) is 13.1. The highest BCUT2D eigenvalue weighted by atomic mass is 16.6. The molecule has 0 bridgehead atoms. The van der Waals surface area contributed by atoms with Gasteiger partial charge < -0.3 is 14.2 Å². The van der Waals surface area contributed by atoms with Gasteiger partial charge in [0.15, 0.2) is 6.10 Å². The molecule has 0 aliphatic heterocycles. The monoisotopic (exact) mass is 721 g/mol. The molecule has 0 spiro atoms. The number of ether oxygens (including phenoxy) is 3. The molecule has 0 N–H and O–H groups in total. The van der Waals surface area contributed by atoms with Crippen LogP contribution in [0.4, 0.5) is 0 Å². The molecule has 0 heterocycles. The molecule has 0 aromatic carbocycles. The van der Waals surface area contributed by atoms with Crippen LogP contribution in [0.1, 0.15) is 156 Å². The number of hydrogen-bond acceptors (Lipinski definition) is 6. The maximum absolute atomic E-state index is 12.6. The van der Waals surface area contributed by atoms with Crippen LogP contribution in [0.5, 0.6) is 0 Å². The second-order valence-corrected chi connectivity index (χ2v) is 12.8. The van der Waals surface area contributed by atoms with Gasteiger partial charge in [-0.3, -0.25) is 14.4 Å². The number of allylic oxidation sites excluding steroid dienone is 16. The fourth-order valence-corrected chi connectivity index (χ4v) is 4.88. The lowest BCUT2D eigenvalue weighted by Crippen LogP contribution is -2.30. The van der Waals surface area contributed by atoms with Gasteiger partial charge in [-0.25, -0.2) is 0 Å². The quantitative estimate of drug-likeness (QED) is 0.0285. The van der Waals surface area contributed by atoms with Crippen LogP contribution in [0.15, 0.2) is 97.2 Å². The van der Waals surface area contributed by atoms with Gasteiger partial charge in [-0.1, -0.05) is 163 Å². The van der Waals surface area contributed by atoms with E-state index in [9.17, 15) is 14.4 Å². The molecule has 0 aromatic heterocycles. The van der Waals surface area contributed by atoms with Crippen LogP contribution in [0.3, 0.4) is 0 Å². The molecule has 6 nitrogen and oxygen atoms in total. The molecule has 0 fully saturated rings. The fourth-order valence-electron chi connectivity index (χ4n) is 4.88. The Hall–Kier alpha value is -3.67. The van der Waals surface area contributed by atoms with Gasteiger partial charge in [0, 0.05) is 19.3 Å². The van der Waals surface area contributed by atoms with Crippen molar-refractivity contribution in [2.24, 2.45) is 0 Å². The second kappa shape index (κ2) is 40.1. The smallest absolute Gasteiger partial charge is 0.306 e. The summed E-state index contributed by atoms with van der Waals surface area (Å²) in [6.07, 6.45) is 51.4. The van der Waals surface area contributed by atoms with Crippen molar-refractivity contribution in [2.45, 2.75) is 162 Å². The van der Waals surface area contributed by atoms with Crippen LogP contribution in [0.2, 0.25) is 0 Å². The maximum atomic E-state index is 12.6. The minimum Gasteiger partial charge on any atom is -0.462 e. The van der Waals surface area contributed by atoms with Crippen LogP contribution in [0, 0.1) is 0 Å². The highest BCUT2D eigenvalue weighted by Crippen LogP contribution is 2.11. The van der Waals surface area contributed by atoms with Gasteiger partial charge in [-0.2, -0.15) is 0 Å². The molecule has 0 rings (SSSR count). The molecule has 292 valence electrons. The zero-order valence-electron chi connectivity index (χ0n) is 33.0. The van der Waals surface area contributed by atoms with Crippen molar-refractivity contribution < 1.29 is 28.6 Å². The third-order valence-electron chi connectivity index (χ3n) is 7.86. The Morgan fingerprint density at radius 3 is 1.17 bits per heavy atom. The molecular formula is C46H72O6. The third-order valence-corrected chi connectivity index (χ3v) is 7.86. The van der Waals surface area contributed by atoms with Gasteiger partial charge in [0.2, 0.25) is 0 Å². The van der Waals surface area contributed by atoms with Gasteiger partial charge in [-0.05, 0) is 70.6 Å². The van der Waals surface area contributed by atoms with Crippen molar-refractivity contribution in [1.29, 1.82) is 0 Å². The predicted octanol–water partition coefficient (Wildman–Crippen LogP) is 12.7. The topological polar surface area (TPSA) is 78.9 Å². The average molecular weight is 721 g/mol. The van der Waals surface area contributed by atoms with E-state index >= 15 is 0 Å². The Kier molecular flexibility index (Phi) is 37.3. The highest BCUT2D eigenvalue weighted by Gasteiger charge is 2.19. The van der Waals surface area contributed by atoms with E-state index < -0.39 is 12.1 Å². The second-order valence-electron chi connectivity index (χ2n) is 12.8. The van der Waals surface area contributed by atoms with Crippen LogP contribution in [-0.4, -0.2) is 37.2 Å². The summed E-state index contributed by atoms with van der Waals surface area (Å²) < 4.78 is 16.4. The van der Waals surface area contributed by atoms with E-state index in [1.165, 1.54) is 32.1 Å². The Balaban J connectivity index is 4.61. The lowest BCUT2D eigenvalue weighted by Gasteiger charge is -2.18. The third kappa shape index (κ3) is 37.6. The van der Waals surface area contributed by atoms with Crippen molar-refractivity contribution in [3.63, 3.8) is 0 Å². The summed E-state index contributed by atoms with van der Waals surface area (Å²) >= 11 is 0. The molecule has 1 unspecified atom stereocenters. The molecule has 0 radical (unpaired) electrons. The minimum absolute atomic E-state index is 0.129. The lowest BCUT2D eigenvalue weighted by atomic mass is 10.1. The molecule has 0 saturated carbocycles. The first-order chi connectivity index (χ1) is 25.5. The lowest BCUT2D eigenvalue weighted by molar-refractivity contribution is -0.166. The van der Waals surface area contributed by atoms with Crippen molar-refractivity contribution in [2.75, 3.05) is 13.2 Å². The molecule has 0 aliphatic rings. The first kappa shape index (κ1) is 48.3. The SMILES string of the molecule is CC/C=C\C/C=C\C/C=C\C/C=C\CCC(=O)OCC(COC(=O)CCCCCCCCCC)OC(=O)CC/C=C\C/C=C\C/C=C\C/C=C\CC. The summed E-state index contributed by atoms with van der Waals surface area (Å²) in [7, 11) is 0. The number of carbonyl (C=O) groups excluding carboxylic acids is 3. The number of hydrogen-bond donors (Lipinski definition) is 0. The van der Waals surface area contributed by atoms with E-state index in [2.05, 4.69) is 93.7 Å². The van der Waals surface area contributed by atoms with E-state index in [1.54, 1.807) is 0 Å². The first-order valence-electron chi connectivity index (χ1n) is 20.2. The van der Waals surface area contributed by atoms with Gasteiger partial charge in [0.25, 0.3) is 0 Å².